The van der Waals surface area contributed by atoms with Gasteiger partial charge in [-0.15, -0.1) is 10.2 Å². The van der Waals surface area contributed by atoms with E-state index in [4.69, 9.17) is 11.0 Å². The van der Waals surface area contributed by atoms with E-state index >= 15 is 0 Å². The van der Waals surface area contributed by atoms with E-state index in [0.29, 0.717) is 27.6 Å². The van der Waals surface area contributed by atoms with E-state index in [0.717, 1.165) is 0 Å². The van der Waals surface area contributed by atoms with Crippen LogP contribution in [0.3, 0.4) is 0 Å². The van der Waals surface area contributed by atoms with Crippen molar-refractivity contribution in [3.63, 3.8) is 0 Å². The largest absolute Gasteiger partial charge is 0.505 e. The van der Waals surface area contributed by atoms with Crippen LogP contribution in [0.15, 0.2) is 106 Å². The third-order valence-corrected chi connectivity index (χ3v) is 5.82. The van der Waals surface area contributed by atoms with Gasteiger partial charge in [-0.1, -0.05) is 54.6 Å². The first-order chi connectivity index (χ1) is 18.6. The van der Waals surface area contributed by atoms with Crippen LogP contribution in [0.1, 0.15) is 10.4 Å². The van der Waals surface area contributed by atoms with Crippen molar-refractivity contribution < 1.29 is 14.3 Å². The van der Waals surface area contributed by atoms with Crippen molar-refractivity contribution in [3.05, 3.63) is 108 Å². The summed E-state index contributed by atoms with van der Waals surface area (Å²) >= 11 is 0. The van der Waals surface area contributed by atoms with Crippen molar-refractivity contribution in [1.82, 2.24) is 14.8 Å². The SMILES string of the molecule is [C-]#[N+]c1cnn(-c2nc3ccccc3o2)c1/N=N/c1cc2ccccc2c(C(=O)Nc2ccccc2)c1O. The second-order valence-corrected chi connectivity index (χ2v) is 8.20. The van der Waals surface area contributed by atoms with Gasteiger partial charge in [0, 0.05) is 5.69 Å². The van der Waals surface area contributed by atoms with E-state index in [1.54, 1.807) is 60.7 Å². The minimum atomic E-state index is -0.500. The summed E-state index contributed by atoms with van der Waals surface area (Å²) in [7, 11) is 0. The molecule has 0 aliphatic carbocycles. The number of nitrogens with one attached hydrogen (secondary N) is 1. The fraction of sp³-hybridized carbons (Fsp3) is 0. The van der Waals surface area contributed by atoms with Gasteiger partial charge in [-0.05, 0) is 41.1 Å². The molecular weight excluding hydrogens is 482 g/mol. The van der Waals surface area contributed by atoms with Crippen LogP contribution in [0.2, 0.25) is 0 Å². The zero-order chi connectivity index (χ0) is 26.1. The summed E-state index contributed by atoms with van der Waals surface area (Å²) in [6.07, 6.45) is 1.33. The summed E-state index contributed by atoms with van der Waals surface area (Å²) in [5.41, 5.74) is 1.95. The molecule has 182 valence electrons. The number of hydrogen-bond donors (Lipinski definition) is 2. The summed E-state index contributed by atoms with van der Waals surface area (Å²) in [6, 6.07) is 25.0. The standard InChI is InChI=1S/C28H17N7O3/c1-29-22-16-30-35(28-32-20-13-7-8-14-23(20)38-28)26(22)34-33-21-15-17-9-5-6-12-19(17)24(25(21)36)27(37)31-18-10-3-2-4-11-18/h2-16,36H,(H,31,37)/b34-33+. The van der Waals surface area contributed by atoms with Gasteiger partial charge in [-0.3, -0.25) is 4.79 Å². The maximum absolute atomic E-state index is 13.2. The first-order valence-corrected chi connectivity index (χ1v) is 11.5. The van der Waals surface area contributed by atoms with E-state index in [2.05, 4.69) is 30.5 Å². The van der Waals surface area contributed by atoms with Crippen LogP contribution in [0.5, 0.6) is 5.75 Å². The maximum Gasteiger partial charge on any atom is 0.324 e. The number of aromatic hydroxyl groups is 1. The number of nitrogens with zero attached hydrogens (tertiary/aromatic N) is 6. The Morgan fingerprint density at radius 2 is 1.76 bits per heavy atom. The molecule has 6 aromatic rings. The van der Waals surface area contributed by atoms with Crippen molar-refractivity contribution in [2.75, 3.05) is 5.32 Å². The molecule has 0 atom stereocenters. The lowest BCUT2D eigenvalue weighted by Gasteiger charge is -2.12. The molecule has 2 aromatic heterocycles. The summed E-state index contributed by atoms with van der Waals surface area (Å²) in [6.45, 7) is 7.51. The van der Waals surface area contributed by atoms with Crippen LogP contribution in [-0.2, 0) is 0 Å². The Hall–Kier alpha value is -5.82. The topological polar surface area (TPSA) is 122 Å². The van der Waals surface area contributed by atoms with E-state index in [1.807, 2.05) is 24.3 Å². The molecule has 0 aliphatic heterocycles. The number of phenolic OH excluding ortho intramolecular Hbond substituents is 1. The minimum Gasteiger partial charge on any atom is -0.505 e. The molecule has 0 aliphatic rings. The second kappa shape index (κ2) is 9.33. The van der Waals surface area contributed by atoms with Gasteiger partial charge in [0.15, 0.2) is 17.2 Å². The van der Waals surface area contributed by atoms with E-state index < -0.39 is 5.91 Å². The highest BCUT2D eigenvalue weighted by atomic mass is 16.4. The Bertz CT molecular complexity index is 1870. The number of carbonyl (C=O) groups is 1. The third kappa shape index (κ3) is 4.00. The molecule has 2 heterocycles. The first-order valence-electron chi connectivity index (χ1n) is 11.5. The summed E-state index contributed by atoms with van der Waals surface area (Å²) in [5.74, 6) is -0.784. The summed E-state index contributed by atoms with van der Waals surface area (Å²) in [4.78, 5) is 21.1. The zero-order valence-corrected chi connectivity index (χ0v) is 19.6. The first kappa shape index (κ1) is 22.6. The number of phenols is 1. The smallest absolute Gasteiger partial charge is 0.324 e. The average Bonchev–Trinajstić information content (AvgIpc) is 3.56. The van der Waals surface area contributed by atoms with Gasteiger partial charge < -0.3 is 14.8 Å². The Balaban J connectivity index is 1.44. The molecule has 38 heavy (non-hydrogen) atoms. The van der Waals surface area contributed by atoms with Crippen LogP contribution in [-0.4, -0.2) is 25.8 Å². The molecule has 4 aromatic carbocycles. The molecule has 0 spiro atoms. The fourth-order valence-electron chi connectivity index (χ4n) is 4.04. The highest BCUT2D eigenvalue weighted by Crippen LogP contribution is 2.39. The molecule has 0 unspecified atom stereocenters. The summed E-state index contributed by atoms with van der Waals surface area (Å²) in [5, 5.41) is 27.8. The molecule has 1 amide bonds. The van der Waals surface area contributed by atoms with Gasteiger partial charge in [0.25, 0.3) is 11.6 Å². The van der Waals surface area contributed by atoms with Crippen LogP contribution < -0.4 is 5.32 Å². The monoisotopic (exact) mass is 499 g/mol. The number of fused-ring (bicyclic) bond motifs is 2. The molecule has 0 saturated carbocycles. The van der Waals surface area contributed by atoms with Gasteiger partial charge >= 0.3 is 6.01 Å². The normalized spacial score (nSPS) is 11.2. The van der Waals surface area contributed by atoms with E-state index in [-0.39, 0.29) is 34.5 Å². The van der Waals surface area contributed by atoms with Crippen LogP contribution in [0, 0.1) is 6.57 Å². The quantitative estimate of drug-likeness (QED) is 0.194. The number of para-hydroxylation sites is 3. The van der Waals surface area contributed by atoms with Crippen LogP contribution in [0.4, 0.5) is 22.9 Å². The van der Waals surface area contributed by atoms with E-state index in [1.165, 1.54) is 10.9 Å². The molecule has 0 saturated heterocycles. The van der Waals surface area contributed by atoms with Crippen LogP contribution >= 0.6 is 0 Å². The van der Waals surface area contributed by atoms with Crippen molar-refractivity contribution in [2.24, 2.45) is 10.2 Å². The lowest BCUT2D eigenvalue weighted by Crippen LogP contribution is -2.12. The Morgan fingerprint density at radius 1 is 1.00 bits per heavy atom. The predicted octanol–water partition coefficient (Wildman–Crippen LogP) is 7.09. The predicted molar refractivity (Wildman–Crippen MR) is 142 cm³/mol. The molecule has 0 radical (unpaired) electrons. The van der Waals surface area contributed by atoms with Gasteiger partial charge in [0.05, 0.1) is 18.3 Å². The Kier molecular flexibility index (Phi) is 5.56. The number of azo groups is 1. The van der Waals surface area contributed by atoms with Gasteiger partial charge in [-0.25, -0.2) is 4.85 Å². The third-order valence-electron chi connectivity index (χ3n) is 5.82. The minimum absolute atomic E-state index is 0.0446. The number of aromatic nitrogens is 3. The van der Waals surface area contributed by atoms with Gasteiger partial charge in [-0.2, -0.15) is 14.8 Å². The lowest BCUT2D eigenvalue weighted by molar-refractivity contribution is 0.102. The molecule has 0 bridgehead atoms. The van der Waals surface area contributed by atoms with Crippen LogP contribution in [0.25, 0.3) is 32.7 Å². The van der Waals surface area contributed by atoms with Crippen molar-refractivity contribution >= 4 is 50.7 Å². The zero-order valence-electron chi connectivity index (χ0n) is 19.6. The molecule has 0 fully saturated rings. The number of rotatable bonds is 5. The Labute approximate surface area is 215 Å². The number of benzene rings is 4. The number of carbonyl (C=O) groups excluding carboxylic acids is 1. The molecule has 2 N–H and O–H groups in total. The summed E-state index contributed by atoms with van der Waals surface area (Å²) < 4.78 is 7.04. The second-order valence-electron chi connectivity index (χ2n) is 8.20. The van der Waals surface area contributed by atoms with Crippen molar-refractivity contribution in [2.45, 2.75) is 0 Å². The lowest BCUT2D eigenvalue weighted by atomic mass is 10.0. The molecule has 10 nitrogen and oxygen atoms in total. The fourth-order valence-corrected chi connectivity index (χ4v) is 4.04. The van der Waals surface area contributed by atoms with Crippen molar-refractivity contribution in [1.29, 1.82) is 0 Å². The number of hydrogen-bond acceptors (Lipinski definition) is 7. The number of amides is 1. The maximum atomic E-state index is 13.2. The molecule has 10 heteroatoms. The highest BCUT2D eigenvalue weighted by Gasteiger charge is 2.21. The number of anilines is 1. The molecular formula is C28H17N7O3. The van der Waals surface area contributed by atoms with Gasteiger partial charge in [0.2, 0.25) is 0 Å². The highest BCUT2D eigenvalue weighted by molar-refractivity contribution is 6.16. The Morgan fingerprint density at radius 3 is 2.58 bits per heavy atom. The molecule has 6 rings (SSSR count). The van der Waals surface area contributed by atoms with Gasteiger partial charge in [0.1, 0.15) is 11.2 Å². The van der Waals surface area contributed by atoms with E-state index in [9.17, 15) is 9.90 Å². The average molecular weight is 499 g/mol. The number of oxazole rings is 1. The van der Waals surface area contributed by atoms with Crippen molar-refractivity contribution in [3.8, 4) is 11.8 Å².